The Kier molecular flexibility index (Phi) is 5.99. The Balaban J connectivity index is 1.16. The second-order valence-corrected chi connectivity index (χ2v) is 12.1. The Bertz CT molecular complexity index is 1250. The molecule has 6 atom stereocenters. The molecule has 2 unspecified atom stereocenters. The van der Waals surface area contributed by atoms with Crippen LogP contribution in [0.4, 0.5) is 5.69 Å². The van der Waals surface area contributed by atoms with Gasteiger partial charge in [-0.05, 0) is 55.4 Å². The van der Waals surface area contributed by atoms with Gasteiger partial charge in [-0.25, -0.2) is 4.98 Å². The van der Waals surface area contributed by atoms with Gasteiger partial charge in [0.15, 0.2) is 0 Å². The molecule has 3 saturated carbocycles. The van der Waals surface area contributed by atoms with Crippen LogP contribution in [0.1, 0.15) is 70.8 Å². The summed E-state index contributed by atoms with van der Waals surface area (Å²) in [6, 6.07) is 9.30. The van der Waals surface area contributed by atoms with Crippen molar-refractivity contribution < 1.29 is 14.1 Å². The molecule has 2 aliphatic heterocycles. The molecular weight excluding hydrogens is 467 g/mol. The molecule has 0 spiro atoms. The lowest BCUT2D eigenvalue weighted by Gasteiger charge is -2.63. The minimum atomic E-state index is -0.589. The third-order valence-electron chi connectivity index (χ3n) is 9.58. The Morgan fingerprint density at radius 1 is 1.27 bits per heavy atom. The highest BCUT2D eigenvalue weighted by atomic mass is 16.7. The minimum Gasteiger partial charge on any atom is -0.404 e. The van der Waals surface area contributed by atoms with Crippen molar-refractivity contribution in [2.45, 2.75) is 90.0 Å². The topological polar surface area (TPSA) is 94.5 Å². The van der Waals surface area contributed by atoms with Crippen molar-refractivity contribution >= 4 is 18.7 Å². The van der Waals surface area contributed by atoms with Crippen LogP contribution in [0.3, 0.4) is 0 Å². The smallest absolute Gasteiger partial charge is 0.404 e. The predicted molar refractivity (Wildman–Crippen MR) is 142 cm³/mol. The molecule has 3 heterocycles. The second-order valence-electron chi connectivity index (χ2n) is 12.1. The number of nitrogens with zero attached hydrogens (tertiary/aromatic N) is 2. The molecular formula is C28H37BN4O4. The zero-order valence-corrected chi connectivity index (χ0v) is 22.2. The summed E-state index contributed by atoms with van der Waals surface area (Å²) in [4.78, 5) is 31.4. The molecule has 196 valence electrons. The van der Waals surface area contributed by atoms with Gasteiger partial charge in [0.05, 0.1) is 23.8 Å². The molecule has 4 fully saturated rings. The summed E-state index contributed by atoms with van der Waals surface area (Å²) in [5, 5.41) is 6.37. The Morgan fingerprint density at radius 3 is 2.78 bits per heavy atom. The number of aryl methyl sites for hydroxylation is 1. The normalized spacial score (nSPS) is 31.7. The predicted octanol–water partition coefficient (Wildman–Crippen LogP) is 3.51. The zero-order valence-electron chi connectivity index (χ0n) is 22.2. The van der Waals surface area contributed by atoms with Crippen LogP contribution in [0.15, 0.2) is 41.3 Å². The van der Waals surface area contributed by atoms with E-state index in [2.05, 4.69) is 36.4 Å². The van der Waals surface area contributed by atoms with Gasteiger partial charge < -0.3 is 19.9 Å². The highest BCUT2D eigenvalue weighted by molar-refractivity contribution is 6.47. The monoisotopic (exact) mass is 504 g/mol. The molecule has 1 saturated heterocycles. The molecule has 5 aliphatic rings. The summed E-state index contributed by atoms with van der Waals surface area (Å²) in [5.74, 6) is 1.35. The maximum absolute atomic E-state index is 13.5. The summed E-state index contributed by atoms with van der Waals surface area (Å²) in [5.41, 5.74) is 1.24. The van der Waals surface area contributed by atoms with Crippen LogP contribution < -0.4 is 16.2 Å². The number of aromatic nitrogens is 2. The van der Waals surface area contributed by atoms with Crippen LogP contribution in [0, 0.1) is 17.3 Å². The molecule has 2 bridgehead atoms. The number of hydrogen-bond donors (Lipinski definition) is 2. The summed E-state index contributed by atoms with van der Waals surface area (Å²) in [6.07, 6.45) is 5.67. The average molecular weight is 504 g/mol. The van der Waals surface area contributed by atoms with Gasteiger partial charge in [-0.2, -0.15) is 0 Å². The minimum absolute atomic E-state index is 0.0562. The fourth-order valence-corrected chi connectivity index (χ4v) is 7.12. The molecule has 2 aromatic rings. The molecule has 9 heteroatoms. The first-order valence-corrected chi connectivity index (χ1v) is 13.7. The standard InChI is InChI=1S/C28H37BN4O4/c1-5-22(29-36-24-19-13-18(27(19,2)3)14-28(24,4)37-29)32-25(34)21-11-12-23-31-16-20(26(35)33(21)23)30-15-17-9-7-6-8-10-17/h6-10,16,18-19,21-22,24,30H,5,11-15H2,1-4H3,(H,32,34)/t18?,19?,21-,22-,24+,28-/m0/s1. The summed E-state index contributed by atoms with van der Waals surface area (Å²) < 4.78 is 14.6. The van der Waals surface area contributed by atoms with Crippen LogP contribution in [0.25, 0.3) is 0 Å². The van der Waals surface area contributed by atoms with E-state index < -0.39 is 13.2 Å². The van der Waals surface area contributed by atoms with Crippen LogP contribution in [0.5, 0.6) is 0 Å². The van der Waals surface area contributed by atoms with Gasteiger partial charge >= 0.3 is 7.12 Å². The number of carbonyl (C=O) groups is 1. The van der Waals surface area contributed by atoms with E-state index in [-0.39, 0.29) is 34.5 Å². The fourth-order valence-electron chi connectivity index (χ4n) is 7.12. The lowest BCUT2D eigenvalue weighted by molar-refractivity contribution is -0.185. The van der Waals surface area contributed by atoms with Gasteiger partial charge in [-0.1, -0.05) is 51.1 Å². The molecule has 1 amide bonds. The quantitative estimate of drug-likeness (QED) is 0.561. The molecule has 1 aromatic heterocycles. The van der Waals surface area contributed by atoms with Gasteiger partial charge in [-0.15, -0.1) is 0 Å². The first-order chi connectivity index (χ1) is 17.7. The number of amides is 1. The number of benzene rings is 1. The van der Waals surface area contributed by atoms with Crippen molar-refractivity contribution in [3.8, 4) is 0 Å². The Morgan fingerprint density at radius 2 is 2.05 bits per heavy atom. The van der Waals surface area contributed by atoms with Crippen molar-refractivity contribution in [3.05, 3.63) is 58.3 Å². The molecule has 0 radical (unpaired) electrons. The van der Waals surface area contributed by atoms with Crippen molar-refractivity contribution in [2.24, 2.45) is 17.3 Å². The van der Waals surface area contributed by atoms with E-state index in [0.717, 1.165) is 12.0 Å². The Labute approximate surface area is 218 Å². The van der Waals surface area contributed by atoms with E-state index in [4.69, 9.17) is 9.31 Å². The van der Waals surface area contributed by atoms with Gasteiger partial charge in [0.2, 0.25) is 5.91 Å². The second kappa shape index (κ2) is 8.98. The van der Waals surface area contributed by atoms with Gasteiger partial charge in [0.25, 0.3) is 5.56 Å². The van der Waals surface area contributed by atoms with E-state index in [1.807, 2.05) is 37.3 Å². The summed E-state index contributed by atoms with van der Waals surface area (Å²) in [6.45, 7) is 9.40. The maximum atomic E-state index is 13.5. The van der Waals surface area contributed by atoms with Gasteiger partial charge in [0, 0.05) is 13.0 Å². The molecule has 2 N–H and O–H groups in total. The summed E-state index contributed by atoms with van der Waals surface area (Å²) in [7, 11) is -0.478. The van der Waals surface area contributed by atoms with E-state index in [0.29, 0.717) is 49.2 Å². The lowest BCUT2D eigenvalue weighted by atomic mass is 9.45. The van der Waals surface area contributed by atoms with E-state index in [1.54, 1.807) is 10.8 Å². The number of carbonyl (C=O) groups excluding carboxylic acids is 1. The highest BCUT2D eigenvalue weighted by Gasteiger charge is 2.67. The third kappa shape index (κ3) is 4.02. The number of nitrogens with one attached hydrogen (secondary N) is 2. The highest BCUT2D eigenvalue weighted by Crippen LogP contribution is 2.64. The van der Waals surface area contributed by atoms with Crippen molar-refractivity contribution in [1.29, 1.82) is 0 Å². The van der Waals surface area contributed by atoms with Crippen LogP contribution in [0.2, 0.25) is 0 Å². The van der Waals surface area contributed by atoms with Gasteiger partial charge in [-0.3, -0.25) is 14.2 Å². The molecule has 3 aliphatic carbocycles. The van der Waals surface area contributed by atoms with Crippen LogP contribution in [-0.4, -0.2) is 40.2 Å². The van der Waals surface area contributed by atoms with E-state index >= 15 is 0 Å². The number of rotatable bonds is 7. The third-order valence-corrected chi connectivity index (χ3v) is 9.58. The number of hydrogen-bond acceptors (Lipinski definition) is 6. The van der Waals surface area contributed by atoms with Crippen molar-refractivity contribution in [1.82, 2.24) is 14.9 Å². The lowest BCUT2D eigenvalue weighted by Crippen LogP contribution is -2.63. The fraction of sp³-hybridized carbons (Fsp3) is 0.607. The van der Waals surface area contributed by atoms with Crippen LogP contribution in [-0.2, 0) is 27.1 Å². The SMILES string of the molecule is CC[C@H](NC(=O)[C@@H]1CCc2ncc(NCc3ccccc3)c(=O)n21)B1O[C@@H]2C3CC(C[C@]2(C)O1)C3(C)C. The number of anilines is 1. The van der Waals surface area contributed by atoms with Crippen LogP contribution >= 0.6 is 0 Å². The summed E-state index contributed by atoms with van der Waals surface area (Å²) >= 11 is 0. The van der Waals surface area contributed by atoms with E-state index in [1.165, 1.54) is 6.42 Å². The molecule has 7 rings (SSSR count). The average Bonchev–Trinajstić information content (AvgIpc) is 3.48. The van der Waals surface area contributed by atoms with Crippen molar-refractivity contribution in [2.75, 3.05) is 5.32 Å². The zero-order chi connectivity index (χ0) is 25.9. The number of fused-ring (bicyclic) bond motifs is 1. The largest absolute Gasteiger partial charge is 0.481 e. The maximum Gasteiger partial charge on any atom is 0.481 e. The molecule has 8 nitrogen and oxygen atoms in total. The van der Waals surface area contributed by atoms with Crippen molar-refractivity contribution in [3.63, 3.8) is 0 Å². The van der Waals surface area contributed by atoms with E-state index in [9.17, 15) is 9.59 Å². The first-order valence-electron chi connectivity index (χ1n) is 13.7. The molecule has 37 heavy (non-hydrogen) atoms. The first kappa shape index (κ1) is 24.7. The van der Waals surface area contributed by atoms with Gasteiger partial charge in [0.1, 0.15) is 17.6 Å². The molecule has 1 aromatic carbocycles. The Hall–Kier alpha value is -2.65.